The molecular weight excluding hydrogens is 400 g/mol. The van der Waals surface area contributed by atoms with E-state index in [0.29, 0.717) is 17.2 Å². The monoisotopic (exact) mass is 424 g/mol. The molecule has 1 amide bonds. The summed E-state index contributed by atoms with van der Waals surface area (Å²) in [6.07, 6.45) is 2.98. The van der Waals surface area contributed by atoms with Gasteiger partial charge in [-0.2, -0.15) is 0 Å². The molecule has 0 fully saturated rings. The van der Waals surface area contributed by atoms with Gasteiger partial charge in [0.1, 0.15) is 17.5 Å². The van der Waals surface area contributed by atoms with Gasteiger partial charge in [-0.3, -0.25) is 9.10 Å². The molecule has 0 bridgehead atoms. The van der Waals surface area contributed by atoms with Crippen LogP contribution in [0.4, 0.5) is 11.4 Å². The summed E-state index contributed by atoms with van der Waals surface area (Å²) in [6.45, 7) is 1.52. The predicted octanol–water partition coefficient (Wildman–Crippen LogP) is 3.22. The van der Waals surface area contributed by atoms with Gasteiger partial charge in [0, 0.05) is 16.6 Å². The molecule has 152 valence electrons. The van der Waals surface area contributed by atoms with Gasteiger partial charge < -0.3 is 14.8 Å². The number of amides is 1. The largest absolute Gasteiger partial charge is 0.497 e. The SMILES string of the molecule is COc1ccc(OC)c(N(C(C)C(=O)Nc2cccc(SC)c2)S(C)(=O)=O)c1. The van der Waals surface area contributed by atoms with Gasteiger partial charge in [-0.25, -0.2) is 8.42 Å². The van der Waals surface area contributed by atoms with Crippen LogP contribution in [0.2, 0.25) is 0 Å². The van der Waals surface area contributed by atoms with Crippen molar-refractivity contribution in [3.8, 4) is 11.5 Å². The van der Waals surface area contributed by atoms with Crippen molar-refractivity contribution in [1.82, 2.24) is 0 Å². The molecule has 1 unspecified atom stereocenters. The van der Waals surface area contributed by atoms with Crippen LogP contribution >= 0.6 is 11.8 Å². The third kappa shape index (κ3) is 5.11. The maximum Gasteiger partial charge on any atom is 0.247 e. The van der Waals surface area contributed by atoms with Gasteiger partial charge in [-0.15, -0.1) is 11.8 Å². The second-order valence-electron chi connectivity index (χ2n) is 5.99. The van der Waals surface area contributed by atoms with E-state index in [4.69, 9.17) is 9.47 Å². The van der Waals surface area contributed by atoms with Crippen LogP contribution in [-0.4, -0.2) is 47.1 Å². The van der Waals surface area contributed by atoms with Crippen LogP contribution in [0.3, 0.4) is 0 Å². The topological polar surface area (TPSA) is 84.9 Å². The number of carbonyl (C=O) groups is 1. The van der Waals surface area contributed by atoms with Crippen LogP contribution in [0.15, 0.2) is 47.4 Å². The minimum Gasteiger partial charge on any atom is -0.497 e. The number of benzene rings is 2. The second-order valence-corrected chi connectivity index (χ2v) is 8.73. The smallest absolute Gasteiger partial charge is 0.247 e. The fourth-order valence-electron chi connectivity index (χ4n) is 2.70. The first-order valence-electron chi connectivity index (χ1n) is 8.37. The zero-order valence-corrected chi connectivity index (χ0v) is 18.1. The Hall–Kier alpha value is -2.39. The summed E-state index contributed by atoms with van der Waals surface area (Å²) >= 11 is 1.55. The lowest BCUT2D eigenvalue weighted by Gasteiger charge is -2.29. The normalized spacial score (nSPS) is 12.2. The third-order valence-corrected chi connectivity index (χ3v) is 6.00. The Kier molecular flexibility index (Phi) is 7.20. The molecular formula is C19H24N2O5S2. The number of ether oxygens (including phenoxy) is 2. The molecule has 0 saturated carbocycles. The number of thioether (sulfide) groups is 1. The van der Waals surface area contributed by atoms with Crippen molar-refractivity contribution >= 4 is 39.1 Å². The number of nitrogens with zero attached hydrogens (tertiary/aromatic N) is 1. The Morgan fingerprint density at radius 3 is 2.43 bits per heavy atom. The predicted molar refractivity (Wildman–Crippen MR) is 113 cm³/mol. The summed E-state index contributed by atoms with van der Waals surface area (Å²) < 4.78 is 36.6. The lowest BCUT2D eigenvalue weighted by Crippen LogP contribution is -2.45. The van der Waals surface area contributed by atoms with E-state index in [0.717, 1.165) is 15.5 Å². The van der Waals surface area contributed by atoms with Crippen LogP contribution in [0.5, 0.6) is 11.5 Å². The van der Waals surface area contributed by atoms with E-state index in [1.807, 2.05) is 24.5 Å². The molecule has 0 heterocycles. The highest BCUT2D eigenvalue weighted by Gasteiger charge is 2.31. The van der Waals surface area contributed by atoms with E-state index < -0.39 is 22.0 Å². The summed E-state index contributed by atoms with van der Waals surface area (Å²) in [4.78, 5) is 13.8. The summed E-state index contributed by atoms with van der Waals surface area (Å²) in [6, 6.07) is 11.1. The number of methoxy groups -OCH3 is 2. The lowest BCUT2D eigenvalue weighted by atomic mass is 10.2. The summed E-state index contributed by atoms with van der Waals surface area (Å²) in [5, 5.41) is 2.77. The van der Waals surface area contributed by atoms with E-state index >= 15 is 0 Å². The van der Waals surface area contributed by atoms with Crippen molar-refractivity contribution in [1.29, 1.82) is 0 Å². The summed E-state index contributed by atoms with van der Waals surface area (Å²) in [7, 11) is -0.880. The zero-order chi connectivity index (χ0) is 20.9. The van der Waals surface area contributed by atoms with Gasteiger partial charge in [0.05, 0.1) is 26.2 Å². The van der Waals surface area contributed by atoms with Gasteiger partial charge in [-0.1, -0.05) is 6.07 Å². The first kappa shape index (κ1) is 21.9. The molecule has 9 heteroatoms. The van der Waals surface area contributed by atoms with Crippen molar-refractivity contribution in [3.63, 3.8) is 0 Å². The highest BCUT2D eigenvalue weighted by atomic mass is 32.2. The number of nitrogens with one attached hydrogen (secondary N) is 1. The van der Waals surface area contributed by atoms with Gasteiger partial charge >= 0.3 is 0 Å². The molecule has 0 saturated heterocycles. The first-order valence-corrected chi connectivity index (χ1v) is 11.4. The van der Waals surface area contributed by atoms with Crippen molar-refractivity contribution in [2.24, 2.45) is 0 Å². The molecule has 28 heavy (non-hydrogen) atoms. The minimum absolute atomic E-state index is 0.227. The number of anilines is 2. The van der Waals surface area contributed by atoms with Crippen molar-refractivity contribution in [2.75, 3.05) is 36.4 Å². The Morgan fingerprint density at radius 1 is 1.14 bits per heavy atom. The fraction of sp³-hybridized carbons (Fsp3) is 0.316. The van der Waals surface area contributed by atoms with Crippen LogP contribution in [0, 0.1) is 0 Å². The molecule has 0 aliphatic rings. The molecule has 0 spiro atoms. The Labute approximate surface area is 170 Å². The van der Waals surface area contributed by atoms with E-state index in [9.17, 15) is 13.2 Å². The number of hydrogen-bond donors (Lipinski definition) is 1. The summed E-state index contributed by atoms with van der Waals surface area (Å²) in [5.41, 5.74) is 0.819. The molecule has 0 aliphatic heterocycles. The van der Waals surface area contributed by atoms with Crippen molar-refractivity contribution < 1.29 is 22.7 Å². The van der Waals surface area contributed by atoms with E-state index in [2.05, 4.69) is 5.32 Å². The zero-order valence-electron chi connectivity index (χ0n) is 16.4. The number of hydrogen-bond acceptors (Lipinski definition) is 6. The first-order chi connectivity index (χ1) is 13.2. The average molecular weight is 425 g/mol. The van der Waals surface area contributed by atoms with Gasteiger partial charge in [-0.05, 0) is 43.5 Å². The third-order valence-electron chi connectivity index (χ3n) is 4.05. The molecule has 0 radical (unpaired) electrons. The molecule has 1 atom stereocenters. The average Bonchev–Trinajstić information content (AvgIpc) is 2.66. The van der Waals surface area contributed by atoms with Crippen LogP contribution < -0.4 is 19.1 Å². The standard InChI is InChI=1S/C19H24N2O5S2/c1-13(19(22)20-14-7-6-8-16(11-14)27-4)21(28(5,23)24)17-12-15(25-2)9-10-18(17)26-3/h6-13H,1-5H3,(H,20,22). The van der Waals surface area contributed by atoms with Gasteiger partial charge in [0.15, 0.2) is 0 Å². The van der Waals surface area contributed by atoms with Crippen molar-refractivity contribution in [2.45, 2.75) is 17.9 Å². The lowest BCUT2D eigenvalue weighted by molar-refractivity contribution is -0.116. The molecule has 0 aliphatic carbocycles. The number of rotatable bonds is 8. The molecule has 2 rings (SSSR count). The molecule has 1 N–H and O–H groups in total. The highest BCUT2D eigenvalue weighted by Crippen LogP contribution is 2.35. The quantitative estimate of drug-likeness (QED) is 0.655. The van der Waals surface area contributed by atoms with Crippen LogP contribution in [0.1, 0.15) is 6.92 Å². The Balaban J connectivity index is 2.42. The molecule has 0 aromatic heterocycles. The Bertz CT molecular complexity index is 947. The molecule has 7 nitrogen and oxygen atoms in total. The van der Waals surface area contributed by atoms with Crippen LogP contribution in [-0.2, 0) is 14.8 Å². The van der Waals surface area contributed by atoms with E-state index in [1.54, 1.807) is 30.0 Å². The van der Waals surface area contributed by atoms with Gasteiger partial charge in [0.2, 0.25) is 15.9 Å². The number of sulfonamides is 1. The second kappa shape index (κ2) is 9.20. The van der Waals surface area contributed by atoms with E-state index in [1.165, 1.54) is 27.2 Å². The highest BCUT2D eigenvalue weighted by molar-refractivity contribution is 7.98. The fourth-order valence-corrected chi connectivity index (χ4v) is 4.33. The summed E-state index contributed by atoms with van der Waals surface area (Å²) in [5.74, 6) is 0.300. The maximum atomic E-state index is 12.8. The van der Waals surface area contributed by atoms with E-state index in [-0.39, 0.29) is 5.69 Å². The number of carbonyl (C=O) groups excluding carboxylic acids is 1. The maximum absolute atomic E-state index is 12.8. The molecule has 2 aromatic rings. The van der Waals surface area contributed by atoms with Crippen molar-refractivity contribution in [3.05, 3.63) is 42.5 Å². The Morgan fingerprint density at radius 2 is 1.86 bits per heavy atom. The van der Waals surface area contributed by atoms with Crippen LogP contribution in [0.25, 0.3) is 0 Å². The minimum atomic E-state index is -3.79. The van der Waals surface area contributed by atoms with Gasteiger partial charge in [0.25, 0.3) is 0 Å². The molecule has 2 aromatic carbocycles.